The zero-order valence-corrected chi connectivity index (χ0v) is 10.1. The van der Waals surface area contributed by atoms with Crippen LogP contribution in [0.5, 0.6) is 0 Å². The molecule has 0 N–H and O–H groups in total. The van der Waals surface area contributed by atoms with Crippen LogP contribution < -0.4 is 5.56 Å². The molecular formula is C11H7FN4OS. The van der Waals surface area contributed by atoms with Gasteiger partial charge in [-0.05, 0) is 19.1 Å². The molecule has 0 saturated heterocycles. The van der Waals surface area contributed by atoms with Gasteiger partial charge in [-0.25, -0.2) is 4.39 Å². The van der Waals surface area contributed by atoms with Crippen molar-refractivity contribution in [3.05, 3.63) is 46.1 Å². The second kappa shape index (κ2) is 3.95. The van der Waals surface area contributed by atoms with Gasteiger partial charge in [0, 0.05) is 5.56 Å². The van der Waals surface area contributed by atoms with Gasteiger partial charge in [0.05, 0.1) is 0 Å². The highest BCUT2D eigenvalue weighted by Gasteiger charge is 2.13. The number of aryl methyl sites for hydroxylation is 1. The smallest absolute Gasteiger partial charge is 0.265 e. The Bertz CT molecular complexity index is 795. The van der Waals surface area contributed by atoms with Crippen LogP contribution in [0.3, 0.4) is 0 Å². The van der Waals surface area contributed by atoms with E-state index in [4.69, 9.17) is 0 Å². The topological polar surface area (TPSA) is 60.1 Å². The summed E-state index contributed by atoms with van der Waals surface area (Å²) in [5, 5.41) is 12.1. The molecule has 3 rings (SSSR count). The van der Waals surface area contributed by atoms with Gasteiger partial charge in [-0.2, -0.15) is 9.61 Å². The standard InChI is InChI=1S/C11H7FN4OS/c1-6-10(17)16-11(14-13-6)18-9(15-16)7-4-2-3-5-8(7)12/h2-5H,1H3. The molecule has 0 aliphatic carbocycles. The maximum Gasteiger partial charge on any atom is 0.296 e. The molecule has 3 aromatic rings. The van der Waals surface area contributed by atoms with Crippen LogP contribution in [-0.4, -0.2) is 19.8 Å². The molecule has 2 aromatic heterocycles. The largest absolute Gasteiger partial charge is 0.296 e. The van der Waals surface area contributed by atoms with Crippen LogP contribution in [0.2, 0.25) is 0 Å². The van der Waals surface area contributed by atoms with Crippen LogP contribution in [0.25, 0.3) is 15.5 Å². The number of halogens is 1. The lowest BCUT2D eigenvalue weighted by atomic mass is 10.2. The zero-order valence-electron chi connectivity index (χ0n) is 9.29. The van der Waals surface area contributed by atoms with Crippen LogP contribution in [0.4, 0.5) is 4.39 Å². The first-order valence-electron chi connectivity index (χ1n) is 5.15. The van der Waals surface area contributed by atoms with Crippen LogP contribution in [-0.2, 0) is 0 Å². The molecule has 0 aliphatic rings. The molecule has 7 heteroatoms. The molecule has 18 heavy (non-hydrogen) atoms. The lowest BCUT2D eigenvalue weighted by Crippen LogP contribution is -2.19. The van der Waals surface area contributed by atoms with Gasteiger partial charge < -0.3 is 0 Å². The van der Waals surface area contributed by atoms with E-state index in [2.05, 4.69) is 15.3 Å². The molecule has 0 bridgehead atoms. The fraction of sp³-hybridized carbons (Fsp3) is 0.0909. The number of aromatic nitrogens is 4. The van der Waals surface area contributed by atoms with Gasteiger partial charge in [-0.15, -0.1) is 10.2 Å². The second-order valence-corrected chi connectivity index (χ2v) is 4.63. The summed E-state index contributed by atoms with van der Waals surface area (Å²) < 4.78 is 14.8. The Morgan fingerprint density at radius 1 is 1.28 bits per heavy atom. The highest BCUT2D eigenvalue weighted by molar-refractivity contribution is 7.19. The molecule has 0 atom stereocenters. The normalized spacial score (nSPS) is 11.0. The molecule has 5 nitrogen and oxygen atoms in total. The Labute approximate surface area is 105 Å². The minimum Gasteiger partial charge on any atom is -0.265 e. The lowest BCUT2D eigenvalue weighted by Gasteiger charge is -1.95. The van der Waals surface area contributed by atoms with Gasteiger partial charge in [0.2, 0.25) is 4.96 Å². The molecule has 0 spiro atoms. The number of rotatable bonds is 1. The maximum absolute atomic E-state index is 13.6. The van der Waals surface area contributed by atoms with Gasteiger partial charge in [-0.1, -0.05) is 23.5 Å². The molecule has 90 valence electrons. The molecule has 1 aromatic carbocycles. The summed E-state index contributed by atoms with van der Waals surface area (Å²) in [6.07, 6.45) is 0. The predicted octanol–water partition coefficient (Wildman–Crippen LogP) is 1.66. The van der Waals surface area contributed by atoms with Crippen molar-refractivity contribution in [2.75, 3.05) is 0 Å². The second-order valence-electron chi connectivity index (χ2n) is 3.67. The summed E-state index contributed by atoms with van der Waals surface area (Å²) in [5.41, 5.74) is 0.279. The van der Waals surface area contributed by atoms with E-state index in [9.17, 15) is 9.18 Å². The number of fused-ring (bicyclic) bond motifs is 1. The van der Waals surface area contributed by atoms with Gasteiger partial charge in [-0.3, -0.25) is 4.79 Å². The average Bonchev–Trinajstić information content (AvgIpc) is 2.79. The Morgan fingerprint density at radius 3 is 2.83 bits per heavy atom. The van der Waals surface area contributed by atoms with Gasteiger partial charge in [0.25, 0.3) is 5.56 Å². The monoisotopic (exact) mass is 262 g/mol. The third kappa shape index (κ3) is 1.60. The van der Waals surface area contributed by atoms with E-state index >= 15 is 0 Å². The van der Waals surface area contributed by atoms with Crippen LogP contribution in [0.1, 0.15) is 5.69 Å². The first-order valence-corrected chi connectivity index (χ1v) is 5.96. The lowest BCUT2D eigenvalue weighted by molar-refractivity contribution is 0.630. The van der Waals surface area contributed by atoms with Gasteiger partial charge >= 0.3 is 0 Å². The molecule has 2 heterocycles. The number of hydrogen-bond acceptors (Lipinski definition) is 5. The van der Waals surface area contributed by atoms with Gasteiger partial charge in [0.1, 0.15) is 11.5 Å². The Hall–Kier alpha value is -2.15. The van der Waals surface area contributed by atoms with Crippen molar-refractivity contribution in [1.82, 2.24) is 19.8 Å². The molecule has 0 aliphatic heterocycles. The summed E-state index contributed by atoms with van der Waals surface area (Å²) >= 11 is 1.13. The molecule has 0 unspecified atom stereocenters. The number of benzene rings is 1. The van der Waals surface area contributed by atoms with E-state index in [1.165, 1.54) is 6.07 Å². The van der Waals surface area contributed by atoms with Crippen molar-refractivity contribution in [3.8, 4) is 10.6 Å². The summed E-state index contributed by atoms with van der Waals surface area (Å²) in [7, 11) is 0. The summed E-state index contributed by atoms with van der Waals surface area (Å²) in [5.74, 6) is -0.380. The van der Waals surface area contributed by atoms with Crippen molar-refractivity contribution >= 4 is 16.3 Å². The van der Waals surface area contributed by atoms with Crippen molar-refractivity contribution in [1.29, 1.82) is 0 Å². The van der Waals surface area contributed by atoms with Crippen molar-refractivity contribution in [2.45, 2.75) is 6.92 Å². The first kappa shape index (κ1) is 11.0. The van der Waals surface area contributed by atoms with Crippen molar-refractivity contribution < 1.29 is 4.39 Å². The zero-order chi connectivity index (χ0) is 12.7. The number of hydrogen-bond donors (Lipinski definition) is 0. The Morgan fingerprint density at radius 2 is 2.06 bits per heavy atom. The Kier molecular flexibility index (Phi) is 2.41. The minimum atomic E-state index is -0.380. The van der Waals surface area contributed by atoms with E-state index in [1.54, 1.807) is 25.1 Å². The van der Waals surface area contributed by atoms with Crippen LogP contribution >= 0.6 is 11.3 Å². The third-order valence-electron chi connectivity index (χ3n) is 2.45. The average molecular weight is 262 g/mol. The van der Waals surface area contributed by atoms with Crippen molar-refractivity contribution in [2.24, 2.45) is 0 Å². The predicted molar refractivity (Wildman–Crippen MR) is 65.1 cm³/mol. The van der Waals surface area contributed by atoms with E-state index in [-0.39, 0.29) is 17.1 Å². The minimum absolute atomic E-state index is 0.262. The molecule has 0 amide bonds. The Balaban J connectivity index is 2.30. The molecule has 0 radical (unpaired) electrons. The first-order chi connectivity index (χ1) is 8.66. The van der Waals surface area contributed by atoms with Crippen LogP contribution in [0, 0.1) is 12.7 Å². The summed E-state index contributed by atoms with van der Waals surface area (Å²) in [6, 6.07) is 6.27. The SMILES string of the molecule is Cc1nnc2sc(-c3ccccc3F)nn2c1=O. The fourth-order valence-electron chi connectivity index (χ4n) is 1.54. The molecule has 0 fully saturated rings. The van der Waals surface area contributed by atoms with E-state index < -0.39 is 0 Å². The maximum atomic E-state index is 13.6. The van der Waals surface area contributed by atoms with Crippen LogP contribution in [0.15, 0.2) is 29.1 Å². The number of nitrogens with zero attached hydrogens (tertiary/aromatic N) is 4. The fourth-order valence-corrected chi connectivity index (χ4v) is 2.40. The van der Waals surface area contributed by atoms with E-state index in [1.807, 2.05) is 0 Å². The van der Waals surface area contributed by atoms with Gasteiger partial charge in [0.15, 0.2) is 5.01 Å². The quantitative estimate of drug-likeness (QED) is 0.669. The summed E-state index contributed by atoms with van der Waals surface area (Å²) in [6.45, 7) is 1.56. The highest BCUT2D eigenvalue weighted by Crippen LogP contribution is 2.25. The van der Waals surface area contributed by atoms with Crippen molar-refractivity contribution in [3.63, 3.8) is 0 Å². The molecule has 0 saturated carbocycles. The summed E-state index contributed by atoms with van der Waals surface area (Å²) in [4.78, 5) is 12.1. The van der Waals surface area contributed by atoms with E-state index in [0.29, 0.717) is 15.5 Å². The van der Waals surface area contributed by atoms with E-state index in [0.717, 1.165) is 15.9 Å². The molecular weight excluding hydrogens is 255 g/mol. The third-order valence-corrected chi connectivity index (χ3v) is 3.38. The highest BCUT2D eigenvalue weighted by atomic mass is 32.1.